The van der Waals surface area contributed by atoms with Gasteiger partial charge in [-0.1, -0.05) is 0 Å². The van der Waals surface area contributed by atoms with Crippen molar-refractivity contribution in [2.45, 2.75) is 25.5 Å². The summed E-state index contributed by atoms with van der Waals surface area (Å²) in [7, 11) is 5.06. The van der Waals surface area contributed by atoms with Gasteiger partial charge in [0.15, 0.2) is 5.96 Å². The van der Waals surface area contributed by atoms with E-state index >= 15 is 0 Å². The van der Waals surface area contributed by atoms with Crippen molar-refractivity contribution in [3.05, 3.63) is 23.8 Å². The van der Waals surface area contributed by atoms with E-state index in [0.717, 1.165) is 49.0 Å². The summed E-state index contributed by atoms with van der Waals surface area (Å²) in [4.78, 5) is 4.23. The van der Waals surface area contributed by atoms with Gasteiger partial charge >= 0.3 is 0 Å². The molecule has 0 aliphatic carbocycles. The fraction of sp³-hybridized carbons (Fsp3) is 0.562. The van der Waals surface area contributed by atoms with Crippen LogP contribution in [0.2, 0.25) is 0 Å². The van der Waals surface area contributed by atoms with Gasteiger partial charge < -0.3 is 24.8 Å². The fourth-order valence-electron chi connectivity index (χ4n) is 2.41. The van der Waals surface area contributed by atoms with E-state index in [1.807, 2.05) is 18.2 Å². The van der Waals surface area contributed by atoms with Crippen LogP contribution in [0, 0.1) is 0 Å². The van der Waals surface area contributed by atoms with Crippen molar-refractivity contribution in [1.82, 2.24) is 10.6 Å². The molecule has 22 heavy (non-hydrogen) atoms. The average molecular weight is 307 g/mol. The highest BCUT2D eigenvalue weighted by Crippen LogP contribution is 2.24. The van der Waals surface area contributed by atoms with Crippen molar-refractivity contribution in [3.8, 4) is 11.5 Å². The maximum absolute atomic E-state index is 5.59. The fourth-order valence-corrected chi connectivity index (χ4v) is 2.41. The summed E-state index contributed by atoms with van der Waals surface area (Å²) in [5, 5.41) is 6.57. The summed E-state index contributed by atoms with van der Waals surface area (Å²) in [6, 6.07) is 5.78. The van der Waals surface area contributed by atoms with Crippen LogP contribution in [0.15, 0.2) is 23.2 Å². The molecule has 2 N–H and O–H groups in total. The van der Waals surface area contributed by atoms with Crippen molar-refractivity contribution < 1.29 is 14.2 Å². The smallest absolute Gasteiger partial charge is 0.191 e. The van der Waals surface area contributed by atoms with Crippen LogP contribution < -0.4 is 20.1 Å². The van der Waals surface area contributed by atoms with E-state index in [0.29, 0.717) is 6.54 Å². The second kappa shape index (κ2) is 8.48. The van der Waals surface area contributed by atoms with Gasteiger partial charge in [0.1, 0.15) is 11.5 Å². The summed E-state index contributed by atoms with van der Waals surface area (Å²) in [6.07, 6.45) is 2.53. The van der Waals surface area contributed by atoms with E-state index in [1.165, 1.54) is 0 Å². The molecule has 6 nitrogen and oxygen atoms in total. The third kappa shape index (κ3) is 4.53. The summed E-state index contributed by atoms with van der Waals surface area (Å²) >= 11 is 0. The molecule has 1 aliphatic rings. The molecule has 6 heteroatoms. The molecule has 0 saturated carbocycles. The van der Waals surface area contributed by atoms with E-state index < -0.39 is 0 Å². The largest absolute Gasteiger partial charge is 0.497 e. The molecule has 2 rings (SSSR count). The minimum absolute atomic E-state index is 0.286. The number of methoxy groups -OCH3 is 2. The first-order valence-electron chi connectivity index (χ1n) is 7.54. The molecular weight excluding hydrogens is 282 g/mol. The predicted molar refractivity (Wildman–Crippen MR) is 86.7 cm³/mol. The molecule has 1 heterocycles. The van der Waals surface area contributed by atoms with Crippen LogP contribution in [-0.2, 0) is 11.3 Å². The number of guanidine groups is 1. The number of hydrogen-bond acceptors (Lipinski definition) is 4. The quantitative estimate of drug-likeness (QED) is 0.617. The van der Waals surface area contributed by atoms with Crippen molar-refractivity contribution in [2.75, 3.05) is 34.4 Å². The van der Waals surface area contributed by atoms with E-state index in [9.17, 15) is 0 Å². The Bertz CT molecular complexity index is 499. The number of nitrogens with one attached hydrogen (secondary N) is 2. The van der Waals surface area contributed by atoms with Crippen molar-refractivity contribution >= 4 is 5.96 Å². The molecule has 1 atom stereocenters. The van der Waals surface area contributed by atoms with Crippen LogP contribution in [0.25, 0.3) is 0 Å². The van der Waals surface area contributed by atoms with Gasteiger partial charge in [-0.25, -0.2) is 0 Å². The van der Waals surface area contributed by atoms with Crippen LogP contribution >= 0.6 is 0 Å². The highest BCUT2D eigenvalue weighted by atomic mass is 16.5. The Kier molecular flexibility index (Phi) is 6.33. The number of benzene rings is 1. The molecule has 1 saturated heterocycles. The molecule has 0 amide bonds. The Labute approximate surface area is 131 Å². The molecule has 1 fully saturated rings. The van der Waals surface area contributed by atoms with Gasteiger partial charge in [0, 0.05) is 38.4 Å². The summed E-state index contributed by atoms with van der Waals surface area (Å²) in [6.45, 7) is 2.26. The standard InChI is InChI=1S/C16H25N3O3/c1-17-16(19-11-14-5-4-8-22-14)18-10-12-6-7-13(20-2)9-15(12)21-3/h6-7,9,14H,4-5,8,10-11H2,1-3H3,(H2,17,18,19). The Balaban J connectivity index is 1.87. The van der Waals surface area contributed by atoms with Crippen LogP contribution in [0.1, 0.15) is 18.4 Å². The highest BCUT2D eigenvalue weighted by Gasteiger charge is 2.15. The van der Waals surface area contributed by atoms with Gasteiger partial charge in [0.25, 0.3) is 0 Å². The first-order chi connectivity index (χ1) is 10.8. The minimum atomic E-state index is 0.286. The lowest BCUT2D eigenvalue weighted by atomic mass is 10.2. The molecule has 122 valence electrons. The molecule has 0 spiro atoms. The lowest BCUT2D eigenvalue weighted by Crippen LogP contribution is -2.40. The highest BCUT2D eigenvalue weighted by molar-refractivity contribution is 5.79. The zero-order chi connectivity index (χ0) is 15.8. The summed E-state index contributed by atoms with van der Waals surface area (Å²) < 4.78 is 16.2. The number of hydrogen-bond donors (Lipinski definition) is 2. The van der Waals surface area contributed by atoms with E-state index in [-0.39, 0.29) is 6.10 Å². The molecule has 1 unspecified atom stereocenters. The molecule has 1 aromatic rings. The topological polar surface area (TPSA) is 64.1 Å². The number of ether oxygens (including phenoxy) is 3. The molecule has 1 aromatic carbocycles. The van der Waals surface area contributed by atoms with Gasteiger partial charge in [0.2, 0.25) is 0 Å². The second-order valence-corrected chi connectivity index (χ2v) is 5.12. The molecule has 1 aliphatic heterocycles. The Hall–Kier alpha value is -1.95. The monoisotopic (exact) mass is 307 g/mol. The summed E-state index contributed by atoms with van der Waals surface area (Å²) in [5.74, 6) is 2.33. The first-order valence-corrected chi connectivity index (χ1v) is 7.54. The van der Waals surface area contributed by atoms with Crippen LogP contribution in [0.3, 0.4) is 0 Å². The SMILES string of the molecule is CN=C(NCc1ccc(OC)cc1OC)NCC1CCCO1. The predicted octanol–water partition coefficient (Wildman–Crippen LogP) is 1.55. The molecular formula is C16H25N3O3. The van der Waals surface area contributed by atoms with Crippen molar-refractivity contribution in [2.24, 2.45) is 4.99 Å². The molecule has 0 radical (unpaired) electrons. The zero-order valence-corrected chi connectivity index (χ0v) is 13.5. The Morgan fingerprint density at radius 2 is 2.18 bits per heavy atom. The maximum atomic E-state index is 5.59. The third-order valence-corrected chi connectivity index (χ3v) is 3.69. The number of nitrogens with zero attached hydrogens (tertiary/aromatic N) is 1. The van der Waals surface area contributed by atoms with Crippen molar-refractivity contribution in [1.29, 1.82) is 0 Å². The Morgan fingerprint density at radius 3 is 2.82 bits per heavy atom. The lowest BCUT2D eigenvalue weighted by Gasteiger charge is -2.16. The molecule has 0 bridgehead atoms. The van der Waals surface area contributed by atoms with E-state index in [1.54, 1.807) is 21.3 Å². The van der Waals surface area contributed by atoms with Gasteiger partial charge in [0.05, 0.1) is 20.3 Å². The van der Waals surface area contributed by atoms with E-state index in [2.05, 4.69) is 15.6 Å². The van der Waals surface area contributed by atoms with E-state index in [4.69, 9.17) is 14.2 Å². The molecule has 0 aromatic heterocycles. The Morgan fingerprint density at radius 1 is 1.32 bits per heavy atom. The number of aliphatic imine (C=N–C) groups is 1. The maximum Gasteiger partial charge on any atom is 0.191 e. The van der Waals surface area contributed by atoms with Gasteiger partial charge in [-0.2, -0.15) is 0 Å². The normalized spacial score (nSPS) is 18.1. The number of rotatable bonds is 6. The zero-order valence-electron chi connectivity index (χ0n) is 13.5. The minimum Gasteiger partial charge on any atom is -0.497 e. The third-order valence-electron chi connectivity index (χ3n) is 3.69. The second-order valence-electron chi connectivity index (χ2n) is 5.12. The summed E-state index contributed by atoms with van der Waals surface area (Å²) in [5.41, 5.74) is 1.04. The van der Waals surface area contributed by atoms with Crippen LogP contribution in [0.4, 0.5) is 0 Å². The van der Waals surface area contributed by atoms with Gasteiger partial charge in [-0.15, -0.1) is 0 Å². The first kappa shape index (κ1) is 16.4. The van der Waals surface area contributed by atoms with Crippen LogP contribution in [0.5, 0.6) is 11.5 Å². The van der Waals surface area contributed by atoms with Gasteiger partial charge in [-0.3, -0.25) is 4.99 Å². The van der Waals surface area contributed by atoms with Crippen LogP contribution in [-0.4, -0.2) is 46.5 Å². The average Bonchev–Trinajstić information content (AvgIpc) is 3.08. The van der Waals surface area contributed by atoms with Gasteiger partial charge in [-0.05, 0) is 25.0 Å². The lowest BCUT2D eigenvalue weighted by molar-refractivity contribution is 0.114. The van der Waals surface area contributed by atoms with Crippen molar-refractivity contribution in [3.63, 3.8) is 0 Å².